The van der Waals surface area contributed by atoms with E-state index in [1.807, 2.05) is 47.4 Å². The van der Waals surface area contributed by atoms with Crippen molar-refractivity contribution in [2.45, 2.75) is 13.0 Å². The first-order chi connectivity index (χ1) is 11.7. The summed E-state index contributed by atoms with van der Waals surface area (Å²) >= 11 is 3.43. The van der Waals surface area contributed by atoms with Gasteiger partial charge in [0.25, 0.3) is 5.91 Å². The molecule has 1 aliphatic heterocycles. The number of hydrogen-bond acceptors (Lipinski definition) is 2. The molecule has 2 heterocycles. The number of methoxy groups -OCH3 is 1. The van der Waals surface area contributed by atoms with Crippen molar-refractivity contribution in [3.63, 3.8) is 0 Å². The molecular weight excluding hydrogens is 368 g/mol. The lowest BCUT2D eigenvalue weighted by Crippen LogP contribution is -2.35. The Morgan fingerprint density at radius 2 is 2.12 bits per heavy atom. The molecule has 1 aromatic heterocycles. The number of nitrogens with one attached hydrogen (secondary N) is 1. The quantitative estimate of drug-likeness (QED) is 0.721. The molecule has 0 saturated carbocycles. The normalized spacial score (nSPS) is 13.8. The number of carbonyl (C=O) groups is 1. The van der Waals surface area contributed by atoms with Crippen LogP contribution < -0.4 is 4.74 Å². The molecule has 1 aliphatic rings. The van der Waals surface area contributed by atoms with Crippen LogP contribution in [0.5, 0.6) is 5.75 Å². The molecule has 3 aromatic rings. The van der Waals surface area contributed by atoms with Gasteiger partial charge in [0, 0.05) is 51.7 Å². The second-order valence-electron chi connectivity index (χ2n) is 5.98. The summed E-state index contributed by atoms with van der Waals surface area (Å²) in [6.07, 6.45) is 0.839. The predicted octanol–water partition coefficient (Wildman–Crippen LogP) is 4.14. The smallest absolute Gasteiger partial charge is 0.254 e. The van der Waals surface area contributed by atoms with Crippen LogP contribution in [0.15, 0.2) is 46.9 Å². The third kappa shape index (κ3) is 2.59. The summed E-state index contributed by atoms with van der Waals surface area (Å²) in [7, 11) is 1.67. The molecule has 1 N–H and O–H groups in total. The lowest BCUT2D eigenvalue weighted by Gasteiger charge is -2.27. The first kappa shape index (κ1) is 15.3. The molecule has 1 amide bonds. The lowest BCUT2D eigenvalue weighted by molar-refractivity contribution is 0.0735. The van der Waals surface area contributed by atoms with Crippen LogP contribution in [0.25, 0.3) is 10.9 Å². The molecular formula is C19H17BrN2O2. The highest BCUT2D eigenvalue weighted by molar-refractivity contribution is 9.10. The standard InChI is InChI=1S/C19H17BrN2O2/c1-24-14-5-6-17-15(10-14)16-11-22(8-7-18(16)21-17)19(23)12-3-2-4-13(20)9-12/h2-6,9-10,21H,7-8,11H2,1H3. The van der Waals surface area contributed by atoms with Gasteiger partial charge in [-0.25, -0.2) is 0 Å². The summed E-state index contributed by atoms with van der Waals surface area (Å²) < 4.78 is 6.26. The number of aromatic amines is 1. The van der Waals surface area contributed by atoms with Crippen molar-refractivity contribution in [3.05, 3.63) is 63.8 Å². The van der Waals surface area contributed by atoms with E-state index in [4.69, 9.17) is 4.74 Å². The minimum atomic E-state index is 0.0687. The third-order valence-corrected chi connectivity index (χ3v) is 5.03. The number of hydrogen-bond donors (Lipinski definition) is 1. The Bertz CT molecular complexity index is 932. The van der Waals surface area contributed by atoms with Gasteiger partial charge in [0.2, 0.25) is 0 Å². The first-order valence-corrected chi connectivity index (χ1v) is 8.67. The van der Waals surface area contributed by atoms with Crippen LogP contribution >= 0.6 is 15.9 Å². The highest BCUT2D eigenvalue weighted by atomic mass is 79.9. The van der Waals surface area contributed by atoms with Gasteiger partial charge in [0.05, 0.1) is 7.11 Å². The molecule has 4 rings (SSSR count). The number of H-pyrrole nitrogens is 1. The van der Waals surface area contributed by atoms with E-state index in [-0.39, 0.29) is 5.91 Å². The van der Waals surface area contributed by atoms with E-state index in [1.54, 1.807) is 7.11 Å². The Hall–Kier alpha value is -2.27. The Morgan fingerprint density at radius 3 is 2.92 bits per heavy atom. The second-order valence-corrected chi connectivity index (χ2v) is 6.90. The largest absolute Gasteiger partial charge is 0.497 e. The molecule has 4 nitrogen and oxygen atoms in total. The minimum absolute atomic E-state index is 0.0687. The van der Waals surface area contributed by atoms with Gasteiger partial charge in [-0.05, 0) is 36.4 Å². The van der Waals surface area contributed by atoms with Crippen molar-refractivity contribution >= 4 is 32.7 Å². The molecule has 24 heavy (non-hydrogen) atoms. The fraction of sp³-hybridized carbons (Fsp3) is 0.211. The summed E-state index contributed by atoms with van der Waals surface area (Å²) in [6.45, 7) is 1.34. The molecule has 122 valence electrons. The zero-order chi connectivity index (χ0) is 16.7. The van der Waals surface area contributed by atoms with Gasteiger partial charge in [-0.3, -0.25) is 4.79 Å². The average Bonchev–Trinajstić information content (AvgIpc) is 2.98. The summed E-state index contributed by atoms with van der Waals surface area (Å²) in [6, 6.07) is 13.6. The molecule has 0 bridgehead atoms. The molecule has 2 aromatic carbocycles. The monoisotopic (exact) mass is 384 g/mol. The molecule has 0 saturated heterocycles. The summed E-state index contributed by atoms with van der Waals surface area (Å²) in [5.41, 5.74) is 4.22. The molecule has 0 radical (unpaired) electrons. The van der Waals surface area contributed by atoms with Crippen LogP contribution in [-0.4, -0.2) is 29.4 Å². The molecule has 0 unspecified atom stereocenters. The van der Waals surface area contributed by atoms with Gasteiger partial charge < -0.3 is 14.6 Å². The van der Waals surface area contributed by atoms with Gasteiger partial charge in [-0.1, -0.05) is 22.0 Å². The maximum atomic E-state index is 12.8. The van der Waals surface area contributed by atoms with Crippen LogP contribution in [0, 0.1) is 0 Å². The predicted molar refractivity (Wildman–Crippen MR) is 97.4 cm³/mol. The first-order valence-electron chi connectivity index (χ1n) is 7.88. The van der Waals surface area contributed by atoms with Crippen molar-refractivity contribution in [2.75, 3.05) is 13.7 Å². The number of halogens is 1. The summed E-state index contributed by atoms with van der Waals surface area (Å²) in [5, 5.41) is 1.14. The van der Waals surface area contributed by atoms with E-state index in [2.05, 4.69) is 20.9 Å². The van der Waals surface area contributed by atoms with Crippen molar-refractivity contribution in [1.29, 1.82) is 0 Å². The zero-order valence-electron chi connectivity index (χ0n) is 13.3. The minimum Gasteiger partial charge on any atom is -0.497 e. The van der Waals surface area contributed by atoms with Gasteiger partial charge in [-0.15, -0.1) is 0 Å². The van der Waals surface area contributed by atoms with Gasteiger partial charge in [0.1, 0.15) is 5.75 Å². The number of rotatable bonds is 2. The number of amides is 1. The number of aromatic nitrogens is 1. The molecule has 5 heteroatoms. The van der Waals surface area contributed by atoms with Gasteiger partial charge in [-0.2, -0.15) is 0 Å². The van der Waals surface area contributed by atoms with Crippen LogP contribution in [0.4, 0.5) is 0 Å². The number of ether oxygens (including phenoxy) is 1. The van der Waals surface area contributed by atoms with E-state index >= 15 is 0 Å². The third-order valence-electron chi connectivity index (χ3n) is 4.54. The number of nitrogens with zero attached hydrogens (tertiary/aromatic N) is 1. The Kier molecular flexibility index (Phi) is 3.81. The van der Waals surface area contributed by atoms with Crippen LogP contribution in [0.2, 0.25) is 0 Å². The van der Waals surface area contributed by atoms with E-state index in [1.165, 1.54) is 11.3 Å². The number of benzene rings is 2. The lowest BCUT2D eigenvalue weighted by atomic mass is 10.0. The SMILES string of the molecule is COc1ccc2[nH]c3c(c2c1)CN(C(=O)c1cccc(Br)c1)CC3. The van der Waals surface area contributed by atoms with E-state index in [0.29, 0.717) is 12.1 Å². The maximum absolute atomic E-state index is 12.8. The van der Waals surface area contributed by atoms with Crippen molar-refractivity contribution < 1.29 is 9.53 Å². The number of carbonyl (C=O) groups excluding carboxylic acids is 1. The Labute approximate surface area is 148 Å². The van der Waals surface area contributed by atoms with Crippen molar-refractivity contribution in [1.82, 2.24) is 9.88 Å². The molecule has 0 fully saturated rings. The molecule has 0 spiro atoms. The van der Waals surface area contributed by atoms with Crippen molar-refractivity contribution in [3.8, 4) is 5.75 Å². The second kappa shape index (κ2) is 5.98. The maximum Gasteiger partial charge on any atom is 0.254 e. The van der Waals surface area contributed by atoms with Gasteiger partial charge >= 0.3 is 0 Å². The average molecular weight is 385 g/mol. The van der Waals surface area contributed by atoms with Crippen LogP contribution in [-0.2, 0) is 13.0 Å². The zero-order valence-corrected chi connectivity index (χ0v) is 14.9. The fourth-order valence-corrected chi connectivity index (χ4v) is 3.70. The molecule has 0 aliphatic carbocycles. The van der Waals surface area contributed by atoms with Crippen molar-refractivity contribution in [2.24, 2.45) is 0 Å². The van der Waals surface area contributed by atoms with Crippen LogP contribution in [0.1, 0.15) is 21.6 Å². The highest BCUT2D eigenvalue weighted by Crippen LogP contribution is 2.31. The highest BCUT2D eigenvalue weighted by Gasteiger charge is 2.25. The summed E-state index contributed by atoms with van der Waals surface area (Å²) in [4.78, 5) is 18.2. The Morgan fingerprint density at radius 1 is 1.25 bits per heavy atom. The van der Waals surface area contributed by atoms with E-state index in [0.717, 1.165) is 34.1 Å². The van der Waals surface area contributed by atoms with E-state index < -0.39 is 0 Å². The molecule has 0 atom stereocenters. The number of fused-ring (bicyclic) bond motifs is 3. The topological polar surface area (TPSA) is 45.3 Å². The summed E-state index contributed by atoms with van der Waals surface area (Å²) in [5.74, 6) is 0.902. The van der Waals surface area contributed by atoms with Crippen LogP contribution in [0.3, 0.4) is 0 Å². The Balaban J connectivity index is 1.68. The fourth-order valence-electron chi connectivity index (χ4n) is 3.30. The van der Waals surface area contributed by atoms with Gasteiger partial charge in [0.15, 0.2) is 0 Å². The van der Waals surface area contributed by atoms with E-state index in [9.17, 15) is 4.79 Å².